The SMILES string of the molecule is Cc1c(-c2nn[nH]n2)oc2c(c1=O)C(C(C)C)Sc1c(Br)cccc1-2. The smallest absolute Gasteiger partial charge is 0.240 e. The number of rotatable bonds is 2. The van der Waals surface area contributed by atoms with Crippen LogP contribution in [0.5, 0.6) is 0 Å². The second-order valence-electron chi connectivity index (χ2n) is 6.26. The number of thioether (sulfide) groups is 1. The molecule has 1 aliphatic rings. The molecule has 1 aliphatic heterocycles. The molecular weight excluding hydrogens is 404 g/mol. The van der Waals surface area contributed by atoms with Gasteiger partial charge < -0.3 is 4.42 Å². The number of H-pyrrole nitrogens is 1. The van der Waals surface area contributed by atoms with Crippen LogP contribution >= 0.6 is 27.7 Å². The normalized spacial score (nSPS) is 16.0. The lowest BCUT2D eigenvalue weighted by atomic mass is 9.95. The summed E-state index contributed by atoms with van der Waals surface area (Å²) in [4.78, 5) is 14.3. The molecule has 0 aliphatic carbocycles. The van der Waals surface area contributed by atoms with Gasteiger partial charge in [0.1, 0.15) is 5.76 Å². The molecule has 0 saturated carbocycles. The average molecular weight is 419 g/mol. The van der Waals surface area contributed by atoms with Gasteiger partial charge in [0.2, 0.25) is 5.82 Å². The Kier molecular flexibility index (Phi) is 4.04. The number of hydrogen-bond acceptors (Lipinski definition) is 6. The molecule has 4 rings (SSSR count). The summed E-state index contributed by atoms with van der Waals surface area (Å²) >= 11 is 5.32. The van der Waals surface area contributed by atoms with Crippen molar-refractivity contribution in [3.8, 4) is 22.9 Å². The fourth-order valence-corrected chi connectivity index (χ4v) is 5.01. The lowest BCUT2D eigenvalue weighted by Gasteiger charge is -2.29. The first-order valence-electron chi connectivity index (χ1n) is 7.86. The third-order valence-electron chi connectivity index (χ3n) is 4.27. The highest BCUT2D eigenvalue weighted by molar-refractivity contribution is 9.10. The lowest BCUT2D eigenvalue weighted by molar-refractivity contribution is 0.540. The van der Waals surface area contributed by atoms with Gasteiger partial charge in [0.05, 0.1) is 5.56 Å². The molecule has 6 nitrogen and oxygen atoms in total. The number of hydrogen-bond donors (Lipinski definition) is 1. The minimum absolute atomic E-state index is 0.0159. The van der Waals surface area contributed by atoms with Gasteiger partial charge in [-0.05, 0) is 40.1 Å². The summed E-state index contributed by atoms with van der Waals surface area (Å²) in [5.74, 6) is 1.53. The summed E-state index contributed by atoms with van der Waals surface area (Å²) < 4.78 is 7.19. The molecule has 8 heteroatoms. The van der Waals surface area contributed by atoms with Crippen LogP contribution in [0.3, 0.4) is 0 Å². The Hall–Kier alpha value is -1.93. The van der Waals surface area contributed by atoms with Crippen molar-refractivity contribution >= 4 is 27.7 Å². The van der Waals surface area contributed by atoms with E-state index in [-0.39, 0.29) is 22.4 Å². The number of halogens is 1. The first kappa shape index (κ1) is 16.5. The van der Waals surface area contributed by atoms with Gasteiger partial charge in [0.15, 0.2) is 11.2 Å². The maximum absolute atomic E-state index is 13.2. The van der Waals surface area contributed by atoms with Crippen molar-refractivity contribution in [3.63, 3.8) is 0 Å². The standard InChI is InChI=1S/C17H15BrN4O2S/c1-7(2)15-11-12(23)8(3)13(17-19-21-22-20-17)24-14(11)9-5-4-6-10(18)16(9)25-15/h4-7,15H,1-3H3,(H,19,20,21,22). The van der Waals surface area contributed by atoms with Gasteiger partial charge in [0, 0.05) is 25.7 Å². The Morgan fingerprint density at radius 2 is 2.12 bits per heavy atom. The third kappa shape index (κ3) is 2.55. The lowest BCUT2D eigenvalue weighted by Crippen LogP contribution is -2.22. The van der Waals surface area contributed by atoms with Gasteiger partial charge in [-0.2, -0.15) is 5.21 Å². The van der Waals surface area contributed by atoms with Crippen LogP contribution in [0.15, 0.2) is 36.8 Å². The Labute approximate surface area is 156 Å². The molecule has 0 saturated heterocycles. The molecule has 2 aromatic heterocycles. The van der Waals surface area contributed by atoms with Gasteiger partial charge in [-0.1, -0.05) is 26.0 Å². The third-order valence-corrected chi connectivity index (χ3v) is 6.90. The zero-order valence-corrected chi connectivity index (χ0v) is 16.2. The van der Waals surface area contributed by atoms with Gasteiger partial charge in [0.25, 0.3) is 0 Å². The van der Waals surface area contributed by atoms with E-state index < -0.39 is 0 Å². The monoisotopic (exact) mass is 418 g/mol. The summed E-state index contributed by atoms with van der Waals surface area (Å²) in [7, 11) is 0. The number of aromatic amines is 1. The quantitative estimate of drug-likeness (QED) is 0.665. The Balaban J connectivity index is 2.08. The zero-order valence-electron chi connectivity index (χ0n) is 13.8. The van der Waals surface area contributed by atoms with Crippen LogP contribution in [-0.2, 0) is 0 Å². The van der Waals surface area contributed by atoms with E-state index in [2.05, 4.69) is 50.4 Å². The number of nitrogens with zero attached hydrogens (tertiary/aromatic N) is 3. The molecule has 25 heavy (non-hydrogen) atoms. The van der Waals surface area contributed by atoms with Crippen molar-refractivity contribution in [2.24, 2.45) is 5.92 Å². The van der Waals surface area contributed by atoms with Crippen molar-refractivity contribution in [2.45, 2.75) is 30.9 Å². The molecule has 1 aromatic carbocycles. The number of fused-ring (bicyclic) bond motifs is 3. The molecule has 1 N–H and O–H groups in total. The number of benzene rings is 1. The molecular formula is C17H15BrN4O2S. The topological polar surface area (TPSA) is 84.7 Å². The maximum atomic E-state index is 13.2. The number of aromatic nitrogens is 4. The van der Waals surface area contributed by atoms with Crippen molar-refractivity contribution in [1.82, 2.24) is 20.6 Å². The van der Waals surface area contributed by atoms with E-state index in [1.165, 1.54) is 0 Å². The summed E-state index contributed by atoms with van der Waals surface area (Å²) in [5, 5.41) is 13.9. The first-order valence-corrected chi connectivity index (χ1v) is 9.53. The zero-order chi connectivity index (χ0) is 17.7. The van der Waals surface area contributed by atoms with Crippen molar-refractivity contribution in [3.05, 3.63) is 44.0 Å². The van der Waals surface area contributed by atoms with Crippen LogP contribution in [0.2, 0.25) is 0 Å². The predicted octanol–water partition coefficient (Wildman–Crippen LogP) is 4.36. The molecule has 1 atom stereocenters. The highest BCUT2D eigenvalue weighted by atomic mass is 79.9. The van der Waals surface area contributed by atoms with Crippen LogP contribution < -0.4 is 5.43 Å². The number of tetrazole rings is 1. The largest absolute Gasteiger partial charge is 0.452 e. The Morgan fingerprint density at radius 3 is 2.80 bits per heavy atom. The van der Waals surface area contributed by atoms with Crippen LogP contribution in [0, 0.1) is 12.8 Å². The van der Waals surface area contributed by atoms with Gasteiger partial charge in [-0.25, -0.2) is 0 Å². The first-order chi connectivity index (χ1) is 12.0. The fourth-order valence-electron chi connectivity index (χ4n) is 3.03. The van der Waals surface area contributed by atoms with E-state index in [4.69, 9.17) is 4.42 Å². The van der Waals surface area contributed by atoms with Crippen LogP contribution in [0.25, 0.3) is 22.9 Å². The van der Waals surface area contributed by atoms with E-state index in [0.29, 0.717) is 17.1 Å². The van der Waals surface area contributed by atoms with Gasteiger partial charge in [-0.15, -0.1) is 22.0 Å². The molecule has 3 aromatic rings. The molecule has 0 amide bonds. The van der Waals surface area contributed by atoms with Crippen molar-refractivity contribution < 1.29 is 4.42 Å². The molecule has 0 bridgehead atoms. The molecule has 128 valence electrons. The summed E-state index contributed by atoms with van der Waals surface area (Å²) in [6.07, 6.45) is 0. The molecule has 1 unspecified atom stereocenters. The van der Waals surface area contributed by atoms with E-state index in [9.17, 15) is 4.79 Å². The maximum Gasteiger partial charge on any atom is 0.240 e. The second-order valence-corrected chi connectivity index (χ2v) is 8.27. The summed E-state index contributed by atoms with van der Waals surface area (Å²) in [6, 6.07) is 5.91. The Bertz CT molecular complexity index is 1010. The van der Waals surface area contributed by atoms with Gasteiger partial charge in [-0.3, -0.25) is 4.79 Å². The molecule has 0 spiro atoms. The average Bonchev–Trinajstić information content (AvgIpc) is 3.11. The van der Waals surface area contributed by atoms with Crippen molar-refractivity contribution in [1.29, 1.82) is 0 Å². The van der Waals surface area contributed by atoms with E-state index in [0.717, 1.165) is 20.5 Å². The minimum atomic E-state index is -0.0159. The Morgan fingerprint density at radius 1 is 1.32 bits per heavy atom. The number of nitrogens with one attached hydrogen (secondary N) is 1. The summed E-state index contributed by atoms with van der Waals surface area (Å²) in [6.45, 7) is 5.98. The minimum Gasteiger partial charge on any atom is -0.452 e. The highest BCUT2D eigenvalue weighted by Crippen LogP contribution is 2.53. The summed E-state index contributed by atoms with van der Waals surface area (Å²) in [5.41, 5.74) is 2.12. The molecule has 0 radical (unpaired) electrons. The van der Waals surface area contributed by atoms with Crippen molar-refractivity contribution in [2.75, 3.05) is 0 Å². The van der Waals surface area contributed by atoms with Crippen LogP contribution in [0.4, 0.5) is 0 Å². The predicted molar refractivity (Wildman–Crippen MR) is 99.5 cm³/mol. The van der Waals surface area contributed by atoms with E-state index >= 15 is 0 Å². The van der Waals surface area contributed by atoms with Crippen LogP contribution in [-0.4, -0.2) is 20.6 Å². The van der Waals surface area contributed by atoms with E-state index in [1.54, 1.807) is 18.7 Å². The van der Waals surface area contributed by atoms with Gasteiger partial charge >= 0.3 is 0 Å². The van der Waals surface area contributed by atoms with E-state index in [1.807, 2.05) is 18.2 Å². The second kappa shape index (κ2) is 6.10. The molecule has 3 heterocycles. The highest BCUT2D eigenvalue weighted by Gasteiger charge is 2.35. The fraction of sp³-hybridized carbons (Fsp3) is 0.294. The van der Waals surface area contributed by atoms with Crippen LogP contribution in [0.1, 0.15) is 30.2 Å². The molecule has 0 fully saturated rings.